The molecule has 1 aliphatic carbocycles. The van der Waals surface area contributed by atoms with Crippen LogP contribution < -0.4 is 0 Å². The number of Topliss-reactive ketones (excluding diaryl/α,β-unsaturated/α-hetero) is 1. The third-order valence-corrected chi connectivity index (χ3v) is 3.27. The fourth-order valence-corrected chi connectivity index (χ4v) is 2.08. The highest BCUT2D eigenvalue weighted by Gasteiger charge is 2.41. The topological polar surface area (TPSA) is 55.8 Å². The van der Waals surface area contributed by atoms with E-state index in [1.807, 2.05) is 6.08 Å². The molecule has 0 fully saturated rings. The molecule has 0 saturated carbocycles. The molecule has 1 unspecified atom stereocenters. The predicted molar refractivity (Wildman–Crippen MR) is 73.7 cm³/mol. The van der Waals surface area contributed by atoms with E-state index in [0.29, 0.717) is 12.0 Å². The van der Waals surface area contributed by atoms with Crippen LogP contribution in [0, 0.1) is 0 Å². The fraction of sp³-hybridized carbons (Fsp3) is 0.533. The van der Waals surface area contributed by atoms with Gasteiger partial charge in [0.25, 0.3) is 5.79 Å². The van der Waals surface area contributed by atoms with Gasteiger partial charge in [-0.25, -0.2) is 0 Å². The summed E-state index contributed by atoms with van der Waals surface area (Å²) in [5.74, 6) is -1.73. The Morgan fingerprint density at radius 1 is 1.42 bits per heavy atom. The monoisotopic (exact) mass is 266 g/mol. The molecule has 1 aliphatic rings. The van der Waals surface area contributed by atoms with Crippen molar-refractivity contribution in [1.29, 1.82) is 0 Å². The minimum Gasteiger partial charge on any atom is -0.388 e. The minimum absolute atomic E-state index is 0.337. The normalized spacial score (nSPS) is 19.1. The second kappa shape index (κ2) is 7.38. The van der Waals surface area contributed by atoms with Crippen LogP contribution in [-0.4, -0.2) is 37.0 Å². The Hall–Kier alpha value is -1.23. The van der Waals surface area contributed by atoms with Crippen LogP contribution in [0.25, 0.3) is 0 Å². The number of aliphatic hydroxyl groups excluding tert-OH is 1. The highest BCUT2D eigenvalue weighted by molar-refractivity contribution is 6.04. The van der Waals surface area contributed by atoms with Gasteiger partial charge in [-0.15, -0.1) is 6.58 Å². The molecule has 0 spiro atoms. The number of hydrogen-bond donors (Lipinski definition) is 1. The van der Waals surface area contributed by atoms with E-state index >= 15 is 0 Å². The van der Waals surface area contributed by atoms with Crippen molar-refractivity contribution in [3.05, 3.63) is 36.5 Å². The molecule has 4 nitrogen and oxygen atoms in total. The van der Waals surface area contributed by atoms with Gasteiger partial charge >= 0.3 is 0 Å². The number of ketones is 1. The molecule has 0 heterocycles. The van der Waals surface area contributed by atoms with Gasteiger partial charge in [-0.05, 0) is 25.3 Å². The molecule has 0 aromatic rings. The van der Waals surface area contributed by atoms with Crippen molar-refractivity contribution in [1.82, 2.24) is 0 Å². The van der Waals surface area contributed by atoms with Crippen LogP contribution in [0.15, 0.2) is 36.5 Å². The van der Waals surface area contributed by atoms with E-state index < -0.39 is 11.9 Å². The zero-order chi connectivity index (χ0) is 14.3. The molecule has 1 rings (SSSR count). The van der Waals surface area contributed by atoms with Crippen LogP contribution in [-0.2, 0) is 14.3 Å². The molecule has 0 bridgehead atoms. The van der Waals surface area contributed by atoms with Crippen molar-refractivity contribution in [2.24, 2.45) is 0 Å². The molecule has 0 amide bonds. The second-order valence-electron chi connectivity index (χ2n) is 4.47. The maximum Gasteiger partial charge on any atom is 0.253 e. The van der Waals surface area contributed by atoms with Crippen molar-refractivity contribution in [2.45, 2.75) is 37.6 Å². The largest absolute Gasteiger partial charge is 0.388 e. The first kappa shape index (κ1) is 15.8. The van der Waals surface area contributed by atoms with Gasteiger partial charge in [0.2, 0.25) is 5.78 Å². The molecular weight excluding hydrogens is 244 g/mol. The number of rotatable bonds is 8. The first-order valence-corrected chi connectivity index (χ1v) is 6.44. The summed E-state index contributed by atoms with van der Waals surface area (Å²) in [6.07, 6.45) is 9.17. The summed E-state index contributed by atoms with van der Waals surface area (Å²) in [5.41, 5.74) is 0.338. The van der Waals surface area contributed by atoms with E-state index in [-0.39, 0.29) is 5.78 Å². The highest BCUT2D eigenvalue weighted by atomic mass is 16.7. The summed E-state index contributed by atoms with van der Waals surface area (Å²) in [7, 11) is 2.82. The number of unbranched alkanes of at least 4 members (excludes halogenated alkanes) is 2. The van der Waals surface area contributed by atoms with Gasteiger partial charge < -0.3 is 14.6 Å². The van der Waals surface area contributed by atoms with E-state index in [2.05, 4.69) is 6.58 Å². The van der Waals surface area contributed by atoms with Crippen molar-refractivity contribution >= 4 is 5.78 Å². The number of carbonyl (C=O) groups excluding carboxylic acids is 1. The zero-order valence-corrected chi connectivity index (χ0v) is 11.6. The molecule has 0 aromatic carbocycles. The lowest BCUT2D eigenvalue weighted by Gasteiger charge is -2.30. The van der Waals surface area contributed by atoms with Crippen LogP contribution in [0.1, 0.15) is 25.7 Å². The van der Waals surface area contributed by atoms with Gasteiger partial charge in [-0.1, -0.05) is 24.6 Å². The van der Waals surface area contributed by atoms with Crippen molar-refractivity contribution in [2.75, 3.05) is 14.2 Å². The van der Waals surface area contributed by atoms with Gasteiger partial charge in [-0.2, -0.15) is 0 Å². The van der Waals surface area contributed by atoms with Gasteiger partial charge in [0.15, 0.2) is 0 Å². The van der Waals surface area contributed by atoms with Crippen LogP contribution in [0.2, 0.25) is 0 Å². The first-order valence-electron chi connectivity index (χ1n) is 6.44. The summed E-state index contributed by atoms with van der Waals surface area (Å²) in [6.45, 7) is 3.65. The summed E-state index contributed by atoms with van der Waals surface area (Å²) in [4.78, 5) is 12.3. The summed E-state index contributed by atoms with van der Waals surface area (Å²) in [5, 5.41) is 10.1. The molecule has 4 heteroatoms. The Morgan fingerprint density at radius 3 is 2.68 bits per heavy atom. The van der Waals surface area contributed by atoms with E-state index in [4.69, 9.17) is 9.47 Å². The molecule has 0 radical (unpaired) electrons. The maximum atomic E-state index is 12.3. The van der Waals surface area contributed by atoms with Crippen LogP contribution >= 0.6 is 0 Å². The highest BCUT2D eigenvalue weighted by Crippen LogP contribution is 2.26. The van der Waals surface area contributed by atoms with Crippen LogP contribution in [0.5, 0.6) is 0 Å². The molecule has 0 aliphatic heterocycles. The SMILES string of the molecule is C=CCCCCC(O)C1=CC=CC(OC)(OC)C1=O. The molecule has 19 heavy (non-hydrogen) atoms. The molecule has 1 N–H and O–H groups in total. The van der Waals surface area contributed by atoms with Crippen LogP contribution in [0.4, 0.5) is 0 Å². The van der Waals surface area contributed by atoms with Gasteiger partial charge in [0.1, 0.15) is 0 Å². The lowest BCUT2D eigenvalue weighted by atomic mass is 9.91. The first-order chi connectivity index (χ1) is 9.11. The zero-order valence-electron chi connectivity index (χ0n) is 11.6. The molecular formula is C15H22O4. The van der Waals surface area contributed by atoms with Gasteiger partial charge in [0, 0.05) is 19.8 Å². The Balaban J connectivity index is 2.67. The van der Waals surface area contributed by atoms with Crippen molar-refractivity contribution in [3.63, 3.8) is 0 Å². The molecule has 0 saturated heterocycles. The third kappa shape index (κ3) is 3.62. The van der Waals surface area contributed by atoms with E-state index in [9.17, 15) is 9.90 Å². The average Bonchev–Trinajstić information content (AvgIpc) is 2.44. The predicted octanol–water partition coefficient (Wildman–Crippen LogP) is 2.15. The molecule has 0 aromatic heterocycles. The van der Waals surface area contributed by atoms with Crippen molar-refractivity contribution in [3.8, 4) is 0 Å². The molecule has 1 atom stereocenters. The fourth-order valence-electron chi connectivity index (χ4n) is 2.08. The number of carbonyl (C=O) groups is 1. The Labute approximate surface area is 114 Å². The van der Waals surface area contributed by atoms with E-state index in [0.717, 1.165) is 19.3 Å². The van der Waals surface area contributed by atoms with E-state index in [1.54, 1.807) is 18.2 Å². The molecule has 106 valence electrons. The van der Waals surface area contributed by atoms with Gasteiger partial charge in [-0.3, -0.25) is 4.79 Å². The van der Waals surface area contributed by atoms with Crippen molar-refractivity contribution < 1.29 is 19.4 Å². The standard InChI is InChI=1S/C15H22O4/c1-4-5-6-7-10-13(16)12-9-8-11-15(18-2,19-3)14(12)17/h4,8-9,11,13,16H,1,5-7,10H2,2-3H3. The Bertz CT molecular complexity index is 378. The summed E-state index contributed by atoms with van der Waals surface area (Å²) in [6, 6.07) is 0. The average molecular weight is 266 g/mol. The maximum absolute atomic E-state index is 12.3. The number of aliphatic hydroxyl groups is 1. The number of methoxy groups -OCH3 is 2. The lowest BCUT2D eigenvalue weighted by Crippen LogP contribution is -2.45. The third-order valence-electron chi connectivity index (χ3n) is 3.27. The van der Waals surface area contributed by atoms with E-state index in [1.165, 1.54) is 14.2 Å². The summed E-state index contributed by atoms with van der Waals surface area (Å²) >= 11 is 0. The minimum atomic E-state index is -1.40. The number of hydrogen-bond acceptors (Lipinski definition) is 4. The number of ether oxygens (including phenoxy) is 2. The Morgan fingerprint density at radius 2 is 2.11 bits per heavy atom. The van der Waals surface area contributed by atoms with Gasteiger partial charge in [0.05, 0.1) is 6.10 Å². The van der Waals surface area contributed by atoms with Crippen LogP contribution in [0.3, 0.4) is 0 Å². The Kier molecular flexibility index (Phi) is 6.15. The lowest BCUT2D eigenvalue weighted by molar-refractivity contribution is -0.183. The number of allylic oxidation sites excluding steroid dienone is 3. The summed E-state index contributed by atoms with van der Waals surface area (Å²) < 4.78 is 10.3. The smallest absolute Gasteiger partial charge is 0.253 e. The quantitative estimate of drug-likeness (QED) is 0.415. The second-order valence-corrected chi connectivity index (χ2v) is 4.47.